The summed E-state index contributed by atoms with van der Waals surface area (Å²) < 4.78 is 5.52. The number of rotatable bonds is 4. The Morgan fingerprint density at radius 2 is 2.32 bits per heavy atom. The SMILES string of the molecule is CC(C)Oc1ncccc1NC(=O)c1csc(N)n1. The summed E-state index contributed by atoms with van der Waals surface area (Å²) in [5.74, 6) is 0.0450. The molecule has 7 heteroatoms. The molecule has 0 saturated carbocycles. The van der Waals surface area contributed by atoms with Crippen LogP contribution in [0.3, 0.4) is 0 Å². The number of hydrogen-bond donors (Lipinski definition) is 2. The van der Waals surface area contributed by atoms with E-state index < -0.39 is 0 Å². The number of carbonyl (C=O) groups is 1. The lowest BCUT2D eigenvalue weighted by atomic mass is 10.3. The number of nitrogens with one attached hydrogen (secondary N) is 1. The average Bonchev–Trinajstić information content (AvgIpc) is 2.78. The summed E-state index contributed by atoms with van der Waals surface area (Å²) in [6.45, 7) is 3.78. The van der Waals surface area contributed by atoms with Crippen LogP contribution in [0.4, 0.5) is 10.8 Å². The van der Waals surface area contributed by atoms with Crippen LogP contribution in [0.2, 0.25) is 0 Å². The van der Waals surface area contributed by atoms with E-state index in [4.69, 9.17) is 10.5 Å². The fraction of sp³-hybridized carbons (Fsp3) is 0.250. The zero-order chi connectivity index (χ0) is 13.8. The average molecular weight is 278 g/mol. The Bertz CT molecular complexity index is 583. The van der Waals surface area contributed by atoms with E-state index in [9.17, 15) is 4.79 Å². The first-order chi connectivity index (χ1) is 9.06. The smallest absolute Gasteiger partial charge is 0.275 e. The van der Waals surface area contributed by atoms with Gasteiger partial charge in [0.05, 0.1) is 6.10 Å². The first-order valence-corrected chi connectivity index (χ1v) is 6.58. The zero-order valence-electron chi connectivity index (χ0n) is 10.6. The highest BCUT2D eigenvalue weighted by Crippen LogP contribution is 2.22. The molecule has 19 heavy (non-hydrogen) atoms. The number of carbonyl (C=O) groups excluding carboxylic acids is 1. The van der Waals surface area contributed by atoms with E-state index in [-0.39, 0.29) is 17.7 Å². The number of nitrogens with zero attached hydrogens (tertiary/aromatic N) is 2. The lowest BCUT2D eigenvalue weighted by Gasteiger charge is -2.12. The molecule has 2 rings (SSSR count). The lowest BCUT2D eigenvalue weighted by Crippen LogP contribution is -2.15. The summed E-state index contributed by atoms with van der Waals surface area (Å²) in [7, 11) is 0. The van der Waals surface area contributed by atoms with Crippen molar-refractivity contribution in [2.24, 2.45) is 0 Å². The van der Waals surface area contributed by atoms with Crippen molar-refractivity contribution in [3.05, 3.63) is 29.4 Å². The van der Waals surface area contributed by atoms with Crippen molar-refractivity contribution in [1.29, 1.82) is 0 Å². The third-order valence-corrected chi connectivity index (χ3v) is 2.80. The van der Waals surface area contributed by atoms with Crippen molar-refractivity contribution >= 4 is 28.1 Å². The summed E-state index contributed by atoms with van der Waals surface area (Å²) in [6.07, 6.45) is 1.58. The van der Waals surface area contributed by atoms with Crippen LogP contribution in [0, 0.1) is 0 Å². The Kier molecular flexibility index (Phi) is 3.96. The zero-order valence-corrected chi connectivity index (χ0v) is 11.4. The van der Waals surface area contributed by atoms with Crippen LogP contribution in [0.15, 0.2) is 23.7 Å². The molecule has 0 radical (unpaired) electrons. The van der Waals surface area contributed by atoms with Crippen molar-refractivity contribution in [2.75, 3.05) is 11.1 Å². The van der Waals surface area contributed by atoms with Crippen LogP contribution >= 0.6 is 11.3 Å². The predicted molar refractivity (Wildman–Crippen MR) is 74.5 cm³/mol. The largest absolute Gasteiger partial charge is 0.473 e. The minimum atomic E-state index is -0.338. The summed E-state index contributed by atoms with van der Waals surface area (Å²) in [6, 6.07) is 3.44. The van der Waals surface area contributed by atoms with E-state index in [2.05, 4.69) is 15.3 Å². The van der Waals surface area contributed by atoms with Gasteiger partial charge in [-0.25, -0.2) is 9.97 Å². The minimum absolute atomic E-state index is 0.0273. The maximum Gasteiger partial charge on any atom is 0.275 e. The van der Waals surface area contributed by atoms with E-state index in [0.717, 1.165) is 0 Å². The van der Waals surface area contributed by atoms with Crippen LogP contribution in [0.25, 0.3) is 0 Å². The standard InChI is InChI=1S/C12H14N4O2S/c1-7(2)18-11-8(4-3-5-14-11)15-10(17)9-6-19-12(13)16-9/h3-7H,1-2H3,(H2,13,16)(H,15,17). The van der Waals surface area contributed by atoms with Crippen molar-refractivity contribution < 1.29 is 9.53 Å². The highest BCUT2D eigenvalue weighted by atomic mass is 32.1. The van der Waals surface area contributed by atoms with E-state index >= 15 is 0 Å². The van der Waals surface area contributed by atoms with Crippen molar-refractivity contribution in [3.8, 4) is 5.88 Å². The summed E-state index contributed by atoms with van der Waals surface area (Å²) in [5, 5.41) is 4.67. The molecule has 0 aliphatic rings. The Balaban J connectivity index is 2.16. The monoisotopic (exact) mass is 278 g/mol. The molecule has 1 amide bonds. The van der Waals surface area contributed by atoms with E-state index in [1.807, 2.05) is 13.8 Å². The minimum Gasteiger partial charge on any atom is -0.473 e. The number of amides is 1. The van der Waals surface area contributed by atoms with Gasteiger partial charge in [0.15, 0.2) is 5.13 Å². The number of aromatic nitrogens is 2. The van der Waals surface area contributed by atoms with Crippen LogP contribution in [0.1, 0.15) is 24.3 Å². The van der Waals surface area contributed by atoms with Crippen molar-refractivity contribution in [2.45, 2.75) is 20.0 Å². The van der Waals surface area contributed by atoms with Crippen molar-refractivity contribution in [3.63, 3.8) is 0 Å². The molecule has 0 aliphatic carbocycles. The van der Waals surface area contributed by atoms with E-state index in [1.54, 1.807) is 23.7 Å². The number of nitrogen functional groups attached to an aromatic ring is 1. The molecule has 0 fully saturated rings. The van der Waals surface area contributed by atoms with Gasteiger partial charge < -0.3 is 15.8 Å². The highest BCUT2D eigenvalue weighted by molar-refractivity contribution is 7.13. The van der Waals surface area contributed by atoms with Gasteiger partial charge in [0.2, 0.25) is 5.88 Å². The molecule has 0 saturated heterocycles. The molecular formula is C12H14N4O2S. The number of hydrogen-bond acceptors (Lipinski definition) is 6. The van der Waals surface area contributed by atoms with Crippen LogP contribution in [-0.2, 0) is 0 Å². The van der Waals surface area contributed by atoms with Crippen LogP contribution < -0.4 is 15.8 Å². The van der Waals surface area contributed by atoms with E-state index in [1.165, 1.54) is 11.3 Å². The molecule has 2 heterocycles. The van der Waals surface area contributed by atoms with E-state index in [0.29, 0.717) is 16.7 Å². The summed E-state index contributed by atoms with van der Waals surface area (Å²) in [4.78, 5) is 20.0. The molecule has 0 aromatic carbocycles. The fourth-order valence-electron chi connectivity index (χ4n) is 1.38. The topological polar surface area (TPSA) is 90.1 Å². The third kappa shape index (κ3) is 3.41. The maximum atomic E-state index is 12.0. The highest BCUT2D eigenvalue weighted by Gasteiger charge is 2.13. The number of nitrogens with two attached hydrogens (primary N) is 1. The Morgan fingerprint density at radius 3 is 2.95 bits per heavy atom. The number of anilines is 2. The first kappa shape index (κ1) is 13.3. The van der Waals surface area contributed by atoms with Gasteiger partial charge in [0.1, 0.15) is 11.4 Å². The molecule has 0 spiro atoms. The lowest BCUT2D eigenvalue weighted by molar-refractivity contribution is 0.102. The van der Waals surface area contributed by atoms with Gasteiger partial charge in [-0.2, -0.15) is 0 Å². The van der Waals surface area contributed by atoms with Gasteiger partial charge in [0.25, 0.3) is 5.91 Å². The number of pyridine rings is 1. The van der Waals surface area contributed by atoms with Gasteiger partial charge in [-0.3, -0.25) is 4.79 Å². The fourth-order valence-corrected chi connectivity index (χ4v) is 1.92. The molecule has 2 aromatic rings. The molecule has 0 bridgehead atoms. The Labute approximate surface area is 114 Å². The molecule has 100 valence electrons. The van der Waals surface area contributed by atoms with Crippen molar-refractivity contribution in [1.82, 2.24) is 9.97 Å². The predicted octanol–water partition coefficient (Wildman–Crippen LogP) is 2.16. The normalized spacial score (nSPS) is 10.5. The second kappa shape index (κ2) is 5.66. The molecular weight excluding hydrogens is 264 g/mol. The van der Waals surface area contributed by atoms with Gasteiger partial charge in [-0.15, -0.1) is 11.3 Å². The molecule has 6 nitrogen and oxygen atoms in total. The second-order valence-corrected chi connectivity index (χ2v) is 4.94. The van der Waals surface area contributed by atoms with Gasteiger partial charge in [-0.1, -0.05) is 0 Å². The quantitative estimate of drug-likeness (QED) is 0.894. The molecule has 0 unspecified atom stereocenters. The van der Waals surface area contributed by atoms with Gasteiger partial charge in [0, 0.05) is 11.6 Å². The van der Waals surface area contributed by atoms with Gasteiger partial charge in [-0.05, 0) is 26.0 Å². The Morgan fingerprint density at radius 1 is 1.53 bits per heavy atom. The molecule has 2 aromatic heterocycles. The number of ether oxygens (including phenoxy) is 1. The van der Waals surface area contributed by atoms with Crippen LogP contribution in [0.5, 0.6) is 5.88 Å². The Hall–Kier alpha value is -2.15. The maximum absolute atomic E-state index is 12.0. The molecule has 0 atom stereocenters. The van der Waals surface area contributed by atoms with Gasteiger partial charge >= 0.3 is 0 Å². The molecule has 3 N–H and O–H groups in total. The second-order valence-electron chi connectivity index (χ2n) is 4.05. The summed E-state index contributed by atoms with van der Waals surface area (Å²) >= 11 is 1.22. The third-order valence-electron chi connectivity index (χ3n) is 2.12. The first-order valence-electron chi connectivity index (χ1n) is 5.70. The molecule has 0 aliphatic heterocycles. The summed E-state index contributed by atoms with van der Waals surface area (Å²) in [5.41, 5.74) is 6.28. The van der Waals surface area contributed by atoms with Crippen LogP contribution in [-0.4, -0.2) is 22.0 Å². The number of thiazole rings is 1.